The maximum absolute atomic E-state index is 13.3. The summed E-state index contributed by atoms with van der Waals surface area (Å²) in [6.07, 6.45) is 1.67. The van der Waals surface area contributed by atoms with E-state index in [2.05, 4.69) is 25.5 Å². The highest BCUT2D eigenvalue weighted by Gasteiger charge is 2.24. The third-order valence-electron chi connectivity index (χ3n) is 6.08. The number of fused-ring (bicyclic) bond motifs is 3. The number of hydrogen-bond acceptors (Lipinski definition) is 5. The summed E-state index contributed by atoms with van der Waals surface area (Å²) in [6, 6.07) is 15.9. The average Bonchev–Trinajstić information content (AvgIpc) is 3.14. The van der Waals surface area contributed by atoms with Gasteiger partial charge in [0, 0.05) is 16.2 Å². The topological polar surface area (TPSA) is 85.6 Å². The number of ether oxygens (including phenoxy) is 1. The van der Waals surface area contributed by atoms with Crippen LogP contribution >= 0.6 is 0 Å². The van der Waals surface area contributed by atoms with Crippen molar-refractivity contribution in [3.8, 4) is 0 Å². The molecule has 0 radical (unpaired) electrons. The normalized spacial score (nSPS) is 12.3. The van der Waals surface area contributed by atoms with Crippen molar-refractivity contribution in [1.82, 2.24) is 0 Å². The Morgan fingerprint density at radius 1 is 1.00 bits per heavy atom. The molecule has 0 bridgehead atoms. The molecule has 1 heterocycles. The molecule has 35 heavy (non-hydrogen) atoms. The number of anilines is 1. The average molecular weight is 494 g/mol. The molecule has 0 spiro atoms. The Labute approximate surface area is 206 Å². The number of esters is 1. The Bertz CT molecular complexity index is 1490. The molecule has 0 aliphatic carbocycles. The van der Waals surface area contributed by atoms with Gasteiger partial charge in [-0.05, 0) is 42.5 Å². The van der Waals surface area contributed by atoms with Crippen molar-refractivity contribution in [2.75, 3.05) is 11.3 Å². The Kier molecular flexibility index (Phi) is 6.64. The Hall–Kier alpha value is -3.32. The van der Waals surface area contributed by atoms with Crippen LogP contribution in [0, 0.1) is 6.92 Å². The SMILES string of the molecule is CCCCOC(=O)c1c(C)oc2c1cc(NS(=O)(=O)c1ccc(C(C)(C)C)cc1)c1ccccc12. The first-order valence-electron chi connectivity index (χ1n) is 11.8. The minimum absolute atomic E-state index is 0.0851. The van der Waals surface area contributed by atoms with Crippen LogP contribution in [-0.2, 0) is 20.2 Å². The van der Waals surface area contributed by atoms with E-state index in [9.17, 15) is 13.2 Å². The minimum atomic E-state index is -3.88. The lowest BCUT2D eigenvalue weighted by Gasteiger charge is -2.19. The van der Waals surface area contributed by atoms with Crippen LogP contribution in [0.4, 0.5) is 5.69 Å². The fourth-order valence-corrected chi connectivity index (χ4v) is 5.17. The van der Waals surface area contributed by atoms with Gasteiger partial charge in [-0.1, -0.05) is 70.5 Å². The Morgan fingerprint density at radius 3 is 2.29 bits per heavy atom. The second kappa shape index (κ2) is 9.38. The summed E-state index contributed by atoms with van der Waals surface area (Å²) in [7, 11) is -3.88. The van der Waals surface area contributed by atoms with E-state index in [1.54, 1.807) is 25.1 Å². The third-order valence-corrected chi connectivity index (χ3v) is 7.46. The molecule has 4 aromatic rings. The van der Waals surface area contributed by atoms with Gasteiger partial charge in [-0.3, -0.25) is 4.72 Å². The van der Waals surface area contributed by atoms with Gasteiger partial charge in [-0.2, -0.15) is 0 Å². The van der Waals surface area contributed by atoms with Gasteiger partial charge in [0.2, 0.25) is 0 Å². The first-order chi connectivity index (χ1) is 16.5. The number of furan rings is 1. The lowest BCUT2D eigenvalue weighted by molar-refractivity contribution is 0.0500. The van der Waals surface area contributed by atoms with Crippen LogP contribution < -0.4 is 4.72 Å². The number of benzene rings is 3. The predicted octanol–water partition coefficient (Wildman–Crippen LogP) is 6.95. The van der Waals surface area contributed by atoms with Gasteiger partial charge in [0.25, 0.3) is 10.0 Å². The molecule has 0 atom stereocenters. The number of carbonyl (C=O) groups is 1. The molecule has 0 amide bonds. The van der Waals surface area contributed by atoms with Gasteiger partial charge in [0.05, 0.1) is 17.2 Å². The Morgan fingerprint density at radius 2 is 1.66 bits per heavy atom. The summed E-state index contributed by atoms with van der Waals surface area (Å²) in [5, 5.41) is 1.90. The molecule has 1 aromatic heterocycles. The van der Waals surface area contributed by atoms with E-state index < -0.39 is 16.0 Å². The number of carbonyl (C=O) groups excluding carboxylic acids is 1. The van der Waals surface area contributed by atoms with Gasteiger partial charge in [0.15, 0.2) is 0 Å². The smallest absolute Gasteiger partial charge is 0.342 e. The summed E-state index contributed by atoms with van der Waals surface area (Å²) < 4.78 is 40.8. The molecule has 0 aliphatic rings. The van der Waals surface area contributed by atoms with E-state index >= 15 is 0 Å². The fraction of sp³-hybridized carbons (Fsp3) is 0.321. The van der Waals surface area contributed by atoms with Crippen LogP contribution in [0.2, 0.25) is 0 Å². The molecule has 4 rings (SSSR count). The monoisotopic (exact) mass is 493 g/mol. The van der Waals surface area contributed by atoms with Gasteiger partial charge in [0.1, 0.15) is 16.9 Å². The van der Waals surface area contributed by atoms with Crippen LogP contribution in [-0.4, -0.2) is 21.0 Å². The number of nitrogens with one attached hydrogen (secondary N) is 1. The summed E-state index contributed by atoms with van der Waals surface area (Å²) in [4.78, 5) is 13.0. The number of aryl methyl sites for hydroxylation is 1. The van der Waals surface area contributed by atoms with E-state index in [0.29, 0.717) is 45.4 Å². The highest BCUT2D eigenvalue weighted by Crippen LogP contribution is 2.38. The molecule has 1 N–H and O–H groups in total. The van der Waals surface area contributed by atoms with Crippen molar-refractivity contribution < 1.29 is 22.4 Å². The summed E-state index contributed by atoms with van der Waals surface area (Å²) >= 11 is 0. The Balaban J connectivity index is 1.80. The van der Waals surface area contributed by atoms with E-state index in [1.807, 2.05) is 43.3 Å². The van der Waals surface area contributed by atoms with Crippen LogP contribution in [0.3, 0.4) is 0 Å². The van der Waals surface area contributed by atoms with Crippen molar-refractivity contribution in [2.24, 2.45) is 0 Å². The largest absolute Gasteiger partial charge is 0.462 e. The van der Waals surface area contributed by atoms with E-state index in [1.165, 1.54) is 0 Å². The first-order valence-corrected chi connectivity index (χ1v) is 13.3. The molecule has 184 valence electrons. The van der Waals surface area contributed by atoms with Crippen LogP contribution in [0.25, 0.3) is 21.7 Å². The van der Waals surface area contributed by atoms with Gasteiger partial charge in [-0.25, -0.2) is 13.2 Å². The second-order valence-corrected chi connectivity index (χ2v) is 11.4. The van der Waals surface area contributed by atoms with Crippen molar-refractivity contribution in [2.45, 2.75) is 57.8 Å². The molecule has 0 saturated heterocycles. The molecule has 0 saturated carbocycles. The number of unbranched alkanes of at least 4 members (excludes halogenated alkanes) is 1. The highest BCUT2D eigenvalue weighted by atomic mass is 32.2. The zero-order valence-electron chi connectivity index (χ0n) is 20.8. The van der Waals surface area contributed by atoms with Crippen LogP contribution in [0.1, 0.15) is 62.2 Å². The van der Waals surface area contributed by atoms with Crippen molar-refractivity contribution in [3.63, 3.8) is 0 Å². The fourth-order valence-electron chi connectivity index (χ4n) is 4.10. The molecule has 0 aliphatic heterocycles. The lowest BCUT2D eigenvalue weighted by Crippen LogP contribution is -2.15. The lowest BCUT2D eigenvalue weighted by atomic mass is 9.87. The summed E-state index contributed by atoms with van der Waals surface area (Å²) in [5.41, 5.74) is 2.17. The molecule has 7 heteroatoms. The maximum Gasteiger partial charge on any atom is 0.342 e. The molecular weight excluding hydrogens is 462 g/mol. The van der Waals surface area contributed by atoms with Crippen molar-refractivity contribution in [3.05, 3.63) is 71.5 Å². The van der Waals surface area contributed by atoms with E-state index in [0.717, 1.165) is 18.4 Å². The van der Waals surface area contributed by atoms with Crippen molar-refractivity contribution >= 4 is 43.4 Å². The predicted molar refractivity (Wildman–Crippen MR) is 140 cm³/mol. The van der Waals surface area contributed by atoms with Gasteiger partial charge in [-0.15, -0.1) is 0 Å². The minimum Gasteiger partial charge on any atom is -0.462 e. The van der Waals surface area contributed by atoms with E-state index in [-0.39, 0.29) is 10.3 Å². The first kappa shape index (κ1) is 24.8. The number of sulfonamides is 1. The molecule has 0 fully saturated rings. The van der Waals surface area contributed by atoms with Gasteiger partial charge < -0.3 is 9.15 Å². The third kappa shape index (κ3) is 4.91. The molecule has 0 unspecified atom stereocenters. The maximum atomic E-state index is 13.3. The second-order valence-electron chi connectivity index (χ2n) is 9.75. The summed E-state index contributed by atoms with van der Waals surface area (Å²) in [6.45, 7) is 10.3. The van der Waals surface area contributed by atoms with Crippen molar-refractivity contribution in [1.29, 1.82) is 0 Å². The van der Waals surface area contributed by atoms with Crippen LogP contribution in [0.15, 0.2) is 63.9 Å². The molecule has 6 nitrogen and oxygen atoms in total. The zero-order chi connectivity index (χ0) is 25.4. The highest BCUT2D eigenvalue weighted by molar-refractivity contribution is 7.92. The molecular formula is C28H31NO5S. The zero-order valence-corrected chi connectivity index (χ0v) is 21.6. The van der Waals surface area contributed by atoms with E-state index in [4.69, 9.17) is 9.15 Å². The van der Waals surface area contributed by atoms with Crippen LogP contribution in [0.5, 0.6) is 0 Å². The standard InChI is InChI=1S/C28H31NO5S/c1-6-7-16-33-27(30)25-18(2)34-26-22-11-9-8-10-21(22)24(17-23(25)26)29-35(31,32)20-14-12-19(13-15-20)28(3,4)5/h8-15,17,29H,6-7,16H2,1-5H3. The quantitative estimate of drug-likeness (QED) is 0.222. The van der Waals surface area contributed by atoms with Gasteiger partial charge >= 0.3 is 5.97 Å². The molecule has 3 aromatic carbocycles. The summed E-state index contributed by atoms with van der Waals surface area (Å²) in [5.74, 6) is -0.0408. The number of rotatable bonds is 7. The number of hydrogen-bond donors (Lipinski definition) is 1.